The molecule has 1 N–H and O–H groups in total. The molecule has 1 atom stereocenters. The highest BCUT2D eigenvalue weighted by Gasteiger charge is 2.25. The summed E-state index contributed by atoms with van der Waals surface area (Å²) in [5.41, 5.74) is 2.21. The highest BCUT2D eigenvalue weighted by molar-refractivity contribution is 5.78. The number of aromatic nitrogens is 1. The number of amides is 1. The summed E-state index contributed by atoms with van der Waals surface area (Å²) in [6.07, 6.45) is 6.35. The Morgan fingerprint density at radius 3 is 2.84 bits per heavy atom. The minimum Gasteiger partial charge on any atom is -0.355 e. The van der Waals surface area contributed by atoms with E-state index in [1.165, 1.54) is 17.7 Å². The zero-order valence-electron chi connectivity index (χ0n) is 14.3. The molecule has 2 aromatic rings. The summed E-state index contributed by atoms with van der Waals surface area (Å²) in [5.74, 6) is -0.0691. The monoisotopic (exact) mass is 341 g/mol. The van der Waals surface area contributed by atoms with E-state index in [9.17, 15) is 9.18 Å². The van der Waals surface area contributed by atoms with Gasteiger partial charge in [0.05, 0.1) is 5.92 Å². The molecule has 1 amide bonds. The molecule has 1 aromatic heterocycles. The van der Waals surface area contributed by atoms with Crippen LogP contribution in [0.5, 0.6) is 0 Å². The Morgan fingerprint density at radius 2 is 2.08 bits per heavy atom. The van der Waals surface area contributed by atoms with Crippen LogP contribution in [0.1, 0.15) is 24.0 Å². The van der Waals surface area contributed by atoms with Gasteiger partial charge in [0, 0.05) is 32.0 Å². The molecule has 132 valence electrons. The number of hydrogen-bond acceptors (Lipinski definition) is 3. The fourth-order valence-corrected chi connectivity index (χ4v) is 3.29. The normalized spacial score (nSPS) is 18.0. The summed E-state index contributed by atoms with van der Waals surface area (Å²) in [4.78, 5) is 18.9. The Morgan fingerprint density at radius 1 is 1.24 bits per heavy atom. The number of carbonyl (C=O) groups is 1. The number of benzene rings is 1. The van der Waals surface area contributed by atoms with Crippen LogP contribution >= 0.6 is 0 Å². The van der Waals surface area contributed by atoms with Gasteiger partial charge in [0.15, 0.2) is 0 Å². The molecule has 0 unspecified atom stereocenters. The molecular formula is C20H24FN3O. The Labute approximate surface area is 148 Å². The standard InChI is InChI=1S/C20H24FN3O/c21-19-7-5-16(6-8-19)9-11-23-20(25)18-4-2-12-24(15-18)14-17-3-1-10-22-13-17/h1,3,5-8,10,13,18H,2,4,9,11-12,14-15H2,(H,23,25)/t18-/m0/s1. The van der Waals surface area contributed by atoms with Gasteiger partial charge in [-0.15, -0.1) is 0 Å². The molecule has 3 rings (SSSR count). The lowest BCUT2D eigenvalue weighted by Gasteiger charge is -2.32. The second-order valence-corrected chi connectivity index (χ2v) is 6.60. The van der Waals surface area contributed by atoms with Gasteiger partial charge >= 0.3 is 0 Å². The lowest BCUT2D eigenvalue weighted by atomic mass is 9.96. The van der Waals surface area contributed by atoms with Gasteiger partial charge in [0.2, 0.25) is 5.91 Å². The van der Waals surface area contributed by atoms with E-state index >= 15 is 0 Å². The van der Waals surface area contributed by atoms with Crippen molar-refractivity contribution in [1.29, 1.82) is 0 Å². The fraction of sp³-hybridized carbons (Fsp3) is 0.400. The zero-order chi connectivity index (χ0) is 17.5. The van der Waals surface area contributed by atoms with Crippen molar-refractivity contribution in [3.8, 4) is 0 Å². The molecule has 0 aliphatic carbocycles. The molecule has 1 aromatic carbocycles. The predicted molar refractivity (Wildman–Crippen MR) is 95.4 cm³/mol. The molecule has 1 fully saturated rings. The van der Waals surface area contributed by atoms with E-state index < -0.39 is 0 Å². The van der Waals surface area contributed by atoms with Crippen molar-refractivity contribution in [2.45, 2.75) is 25.8 Å². The van der Waals surface area contributed by atoms with E-state index in [2.05, 4.69) is 21.3 Å². The fourth-order valence-electron chi connectivity index (χ4n) is 3.29. The Hall–Kier alpha value is -2.27. The summed E-state index contributed by atoms with van der Waals surface area (Å²) >= 11 is 0. The molecule has 1 saturated heterocycles. The highest BCUT2D eigenvalue weighted by Crippen LogP contribution is 2.18. The van der Waals surface area contributed by atoms with Crippen LogP contribution in [-0.4, -0.2) is 35.4 Å². The molecular weight excluding hydrogens is 317 g/mol. The second-order valence-electron chi connectivity index (χ2n) is 6.60. The summed E-state index contributed by atoms with van der Waals surface area (Å²) in [5, 5.41) is 3.03. The average Bonchev–Trinajstić information content (AvgIpc) is 2.64. The van der Waals surface area contributed by atoms with Crippen LogP contribution in [-0.2, 0) is 17.8 Å². The van der Waals surface area contributed by atoms with Crippen molar-refractivity contribution in [3.63, 3.8) is 0 Å². The molecule has 5 heteroatoms. The number of nitrogens with one attached hydrogen (secondary N) is 1. The summed E-state index contributed by atoms with van der Waals surface area (Å²) in [6, 6.07) is 10.4. The number of likely N-dealkylation sites (tertiary alicyclic amines) is 1. The van der Waals surface area contributed by atoms with Gasteiger partial charge in [-0.2, -0.15) is 0 Å². The third-order valence-corrected chi connectivity index (χ3v) is 4.63. The lowest BCUT2D eigenvalue weighted by molar-refractivity contribution is -0.126. The first kappa shape index (κ1) is 17.5. The van der Waals surface area contributed by atoms with Crippen molar-refractivity contribution in [3.05, 3.63) is 65.7 Å². The molecule has 25 heavy (non-hydrogen) atoms. The first-order valence-corrected chi connectivity index (χ1v) is 8.84. The van der Waals surface area contributed by atoms with Crippen LogP contribution in [0.4, 0.5) is 4.39 Å². The maximum absolute atomic E-state index is 12.9. The first-order valence-electron chi connectivity index (χ1n) is 8.84. The largest absolute Gasteiger partial charge is 0.355 e. The van der Waals surface area contributed by atoms with Crippen LogP contribution in [0.3, 0.4) is 0 Å². The maximum Gasteiger partial charge on any atom is 0.224 e. The number of rotatable bonds is 6. The Kier molecular flexibility index (Phi) is 6.12. The Balaban J connectivity index is 1.44. The zero-order valence-corrected chi connectivity index (χ0v) is 14.3. The van der Waals surface area contributed by atoms with Gasteiger partial charge in [-0.25, -0.2) is 4.39 Å². The van der Waals surface area contributed by atoms with Crippen LogP contribution in [0.25, 0.3) is 0 Å². The number of halogens is 1. The summed E-state index contributed by atoms with van der Waals surface area (Å²) in [6.45, 7) is 3.24. The number of pyridine rings is 1. The number of hydrogen-bond donors (Lipinski definition) is 1. The maximum atomic E-state index is 12.9. The minimum atomic E-state index is -0.233. The predicted octanol–water partition coefficient (Wildman–Crippen LogP) is 2.79. The molecule has 0 spiro atoms. The third-order valence-electron chi connectivity index (χ3n) is 4.63. The van der Waals surface area contributed by atoms with Crippen LogP contribution in [0, 0.1) is 11.7 Å². The van der Waals surface area contributed by atoms with Crippen molar-refractivity contribution >= 4 is 5.91 Å². The topological polar surface area (TPSA) is 45.2 Å². The van der Waals surface area contributed by atoms with Crippen LogP contribution in [0.2, 0.25) is 0 Å². The average molecular weight is 341 g/mol. The van der Waals surface area contributed by atoms with Gasteiger partial charge in [0.25, 0.3) is 0 Å². The van der Waals surface area contributed by atoms with E-state index in [1.807, 2.05) is 12.3 Å². The quantitative estimate of drug-likeness (QED) is 0.879. The molecule has 0 radical (unpaired) electrons. The summed E-state index contributed by atoms with van der Waals surface area (Å²) in [7, 11) is 0. The SMILES string of the molecule is O=C(NCCc1ccc(F)cc1)[C@H]1CCCN(Cc2cccnc2)C1. The molecule has 0 saturated carbocycles. The van der Waals surface area contributed by atoms with E-state index in [1.54, 1.807) is 18.3 Å². The van der Waals surface area contributed by atoms with E-state index in [0.29, 0.717) is 6.54 Å². The van der Waals surface area contributed by atoms with E-state index in [0.717, 1.165) is 44.5 Å². The molecule has 1 aliphatic rings. The molecule has 1 aliphatic heterocycles. The van der Waals surface area contributed by atoms with E-state index in [-0.39, 0.29) is 17.6 Å². The smallest absolute Gasteiger partial charge is 0.224 e. The lowest BCUT2D eigenvalue weighted by Crippen LogP contribution is -2.43. The minimum absolute atomic E-state index is 0.0404. The van der Waals surface area contributed by atoms with Crippen molar-refractivity contribution in [2.24, 2.45) is 5.92 Å². The Bertz CT molecular complexity index is 675. The van der Waals surface area contributed by atoms with Gasteiger partial charge in [0.1, 0.15) is 5.82 Å². The number of piperidine rings is 1. The van der Waals surface area contributed by atoms with Crippen molar-refractivity contribution in [2.75, 3.05) is 19.6 Å². The second kappa shape index (κ2) is 8.72. The van der Waals surface area contributed by atoms with Gasteiger partial charge in [-0.1, -0.05) is 18.2 Å². The van der Waals surface area contributed by atoms with Gasteiger partial charge in [-0.3, -0.25) is 14.7 Å². The third kappa shape index (κ3) is 5.36. The van der Waals surface area contributed by atoms with Crippen molar-refractivity contribution in [1.82, 2.24) is 15.2 Å². The van der Waals surface area contributed by atoms with Crippen LogP contribution in [0.15, 0.2) is 48.8 Å². The number of carbonyl (C=O) groups excluding carboxylic acids is 1. The van der Waals surface area contributed by atoms with Gasteiger partial charge in [-0.05, 0) is 55.1 Å². The highest BCUT2D eigenvalue weighted by atomic mass is 19.1. The molecule has 2 heterocycles. The molecule has 0 bridgehead atoms. The van der Waals surface area contributed by atoms with Gasteiger partial charge < -0.3 is 5.32 Å². The molecule has 4 nitrogen and oxygen atoms in total. The first-order chi connectivity index (χ1) is 12.2. The number of nitrogens with zero attached hydrogens (tertiary/aromatic N) is 2. The van der Waals surface area contributed by atoms with Crippen molar-refractivity contribution < 1.29 is 9.18 Å². The van der Waals surface area contributed by atoms with Crippen LogP contribution < -0.4 is 5.32 Å². The summed E-state index contributed by atoms with van der Waals surface area (Å²) < 4.78 is 12.9. The van der Waals surface area contributed by atoms with E-state index in [4.69, 9.17) is 0 Å².